The van der Waals surface area contributed by atoms with Gasteiger partial charge in [0.25, 0.3) is 0 Å². The quantitative estimate of drug-likeness (QED) is 0.871. The summed E-state index contributed by atoms with van der Waals surface area (Å²) in [5.74, 6) is 1.42. The van der Waals surface area contributed by atoms with Crippen molar-refractivity contribution in [3.05, 3.63) is 42.5 Å². The molecule has 22 heavy (non-hydrogen) atoms. The lowest BCUT2D eigenvalue weighted by Gasteiger charge is -2.37. The minimum atomic E-state index is -0.466. The number of Topliss-reactive ketones (excluding diaryl/α,β-unsaturated/α-hetero) is 1. The van der Waals surface area contributed by atoms with Gasteiger partial charge in [-0.3, -0.25) is 9.59 Å². The molecule has 0 radical (unpaired) electrons. The molecule has 2 aliphatic carbocycles. The van der Waals surface area contributed by atoms with Gasteiger partial charge in [0.05, 0.1) is 12.0 Å². The Balaban J connectivity index is 1.58. The van der Waals surface area contributed by atoms with Crippen LogP contribution in [0.5, 0.6) is 5.75 Å². The van der Waals surface area contributed by atoms with Crippen LogP contribution in [0.15, 0.2) is 36.9 Å². The molecule has 1 N–H and O–H groups in total. The molecule has 4 rings (SSSR count). The smallest absolute Gasteiger partial charge is 0.224 e. The van der Waals surface area contributed by atoms with E-state index in [0.717, 1.165) is 12.8 Å². The maximum absolute atomic E-state index is 12.5. The lowest BCUT2D eigenvalue weighted by atomic mass is 9.84. The topological polar surface area (TPSA) is 55.4 Å². The van der Waals surface area contributed by atoms with Crippen LogP contribution in [0.4, 0.5) is 0 Å². The Kier molecular flexibility index (Phi) is 2.90. The largest absolute Gasteiger partial charge is 0.486 e. The molecule has 3 aliphatic rings. The second-order valence-corrected chi connectivity index (χ2v) is 6.55. The maximum atomic E-state index is 12.5. The van der Waals surface area contributed by atoms with Gasteiger partial charge in [0, 0.05) is 18.4 Å². The first-order valence-corrected chi connectivity index (χ1v) is 7.86. The van der Waals surface area contributed by atoms with E-state index < -0.39 is 5.60 Å². The SMILES string of the molecule is C=CCNC(=O)[C@@H]1[C@@H]2CC[C@@]3(CC(=O)c4ccccc4O3)[C@H]21. The van der Waals surface area contributed by atoms with Crippen molar-refractivity contribution in [2.75, 3.05) is 6.54 Å². The van der Waals surface area contributed by atoms with Gasteiger partial charge in [-0.1, -0.05) is 18.2 Å². The van der Waals surface area contributed by atoms with Crippen molar-refractivity contribution in [3.8, 4) is 5.75 Å². The predicted octanol–water partition coefficient (Wildman–Crippen LogP) is 2.35. The second-order valence-electron chi connectivity index (χ2n) is 6.55. The number of ketones is 1. The van der Waals surface area contributed by atoms with Crippen LogP contribution in [-0.4, -0.2) is 23.8 Å². The monoisotopic (exact) mass is 297 g/mol. The summed E-state index contributed by atoms with van der Waals surface area (Å²) in [5, 5.41) is 2.88. The predicted molar refractivity (Wildman–Crippen MR) is 81.7 cm³/mol. The fraction of sp³-hybridized carbons (Fsp3) is 0.444. The van der Waals surface area contributed by atoms with E-state index in [1.165, 1.54) is 0 Å². The Morgan fingerprint density at radius 3 is 3.09 bits per heavy atom. The molecule has 1 amide bonds. The molecule has 4 nitrogen and oxygen atoms in total. The van der Waals surface area contributed by atoms with E-state index in [0.29, 0.717) is 30.2 Å². The first-order chi connectivity index (χ1) is 10.7. The van der Waals surface area contributed by atoms with Crippen LogP contribution in [0.1, 0.15) is 29.6 Å². The van der Waals surface area contributed by atoms with E-state index in [2.05, 4.69) is 11.9 Å². The molecule has 2 fully saturated rings. The van der Waals surface area contributed by atoms with Crippen LogP contribution in [-0.2, 0) is 4.79 Å². The minimum Gasteiger partial charge on any atom is -0.486 e. The molecule has 1 aliphatic heterocycles. The molecule has 1 aromatic rings. The number of ether oxygens (including phenoxy) is 1. The van der Waals surface area contributed by atoms with Crippen LogP contribution >= 0.6 is 0 Å². The van der Waals surface area contributed by atoms with Gasteiger partial charge in [0.1, 0.15) is 11.4 Å². The van der Waals surface area contributed by atoms with Crippen LogP contribution in [0.3, 0.4) is 0 Å². The van der Waals surface area contributed by atoms with Crippen molar-refractivity contribution in [3.63, 3.8) is 0 Å². The van der Waals surface area contributed by atoms with Gasteiger partial charge in [0.15, 0.2) is 5.78 Å². The van der Waals surface area contributed by atoms with Crippen molar-refractivity contribution in [1.29, 1.82) is 0 Å². The van der Waals surface area contributed by atoms with E-state index in [1.807, 2.05) is 24.3 Å². The summed E-state index contributed by atoms with van der Waals surface area (Å²) >= 11 is 0. The van der Waals surface area contributed by atoms with Crippen LogP contribution in [0, 0.1) is 17.8 Å². The van der Waals surface area contributed by atoms with E-state index >= 15 is 0 Å². The molecule has 114 valence electrons. The Morgan fingerprint density at radius 1 is 1.45 bits per heavy atom. The third kappa shape index (κ3) is 1.83. The molecule has 1 heterocycles. The Morgan fingerprint density at radius 2 is 2.27 bits per heavy atom. The standard InChI is InChI=1S/C18H19NO3/c1-2-9-19-17(21)15-12-7-8-18(16(12)15)10-13(20)11-5-3-4-6-14(11)22-18/h2-6,12,15-16H,1,7-10H2,(H,19,21)/t12-,15+,16+,18+/m0/s1. The highest BCUT2D eigenvalue weighted by atomic mass is 16.5. The Labute approximate surface area is 129 Å². The molecule has 0 aromatic heterocycles. The normalized spacial score (nSPS) is 34.5. The molecular weight excluding hydrogens is 278 g/mol. The zero-order valence-electron chi connectivity index (χ0n) is 12.4. The zero-order valence-corrected chi connectivity index (χ0v) is 12.4. The fourth-order valence-electron chi connectivity index (χ4n) is 4.41. The van der Waals surface area contributed by atoms with Crippen LogP contribution in [0.2, 0.25) is 0 Å². The van der Waals surface area contributed by atoms with Crippen molar-refractivity contribution in [2.45, 2.75) is 24.9 Å². The number of para-hydroxylation sites is 1. The average Bonchev–Trinajstić information content (AvgIpc) is 3.17. The van der Waals surface area contributed by atoms with Gasteiger partial charge in [-0.15, -0.1) is 6.58 Å². The molecule has 0 unspecified atom stereocenters. The van der Waals surface area contributed by atoms with Gasteiger partial charge in [0.2, 0.25) is 5.91 Å². The minimum absolute atomic E-state index is 0.00763. The van der Waals surface area contributed by atoms with E-state index in [9.17, 15) is 9.59 Å². The third-order valence-electron chi connectivity index (χ3n) is 5.36. The first-order valence-electron chi connectivity index (χ1n) is 7.86. The van der Waals surface area contributed by atoms with Crippen LogP contribution < -0.4 is 10.1 Å². The molecule has 1 aromatic carbocycles. The number of carbonyl (C=O) groups excluding carboxylic acids is 2. The number of benzene rings is 1. The summed E-state index contributed by atoms with van der Waals surface area (Å²) in [5.41, 5.74) is 0.205. The Hall–Kier alpha value is -2.10. The van der Waals surface area contributed by atoms with Gasteiger partial charge in [-0.25, -0.2) is 0 Å². The van der Waals surface area contributed by atoms with E-state index in [-0.39, 0.29) is 23.5 Å². The number of rotatable bonds is 3. The first kappa shape index (κ1) is 13.6. The molecule has 1 spiro atoms. The summed E-state index contributed by atoms with van der Waals surface area (Å²) in [6.07, 6.45) is 3.92. The number of amides is 1. The zero-order chi connectivity index (χ0) is 15.3. The molecule has 4 heteroatoms. The molecule has 4 atom stereocenters. The summed E-state index contributed by atoms with van der Waals surface area (Å²) in [6, 6.07) is 7.42. The van der Waals surface area contributed by atoms with Crippen molar-refractivity contribution < 1.29 is 14.3 Å². The van der Waals surface area contributed by atoms with Gasteiger partial charge in [-0.2, -0.15) is 0 Å². The summed E-state index contributed by atoms with van der Waals surface area (Å²) in [7, 11) is 0. The fourth-order valence-corrected chi connectivity index (χ4v) is 4.41. The highest BCUT2D eigenvalue weighted by molar-refractivity contribution is 6.00. The number of fused-ring (bicyclic) bond motifs is 3. The lowest BCUT2D eigenvalue weighted by molar-refractivity contribution is -0.123. The number of hydrogen-bond donors (Lipinski definition) is 1. The van der Waals surface area contributed by atoms with Crippen LogP contribution in [0.25, 0.3) is 0 Å². The van der Waals surface area contributed by atoms with Gasteiger partial charge < -0.3 is 10.1 Å². The highest BCUT2D eigenvalue weighted by Gasteiger charge is 2.70. The van der Waals surface area contributed by atoms with E-state index in [1.54, 1.807) is 6.08 Å². The van der Waals surface area contributed by atoms with Gasteiger partial charge in [-0.05, 0) is 30.9 Å². The van der Waals surface area contributed by atoms with Gasteiger partial charge >= 0.3 is 0 Å². The number of nitrogens with one attached hydrogen (secondary N) is 1. The number of hydrogen-bond acceptors (Lipinski definition) is 3. The Bertz CT molecular complexity index is 668. The second kappa shape index (κ2) is 4.70. The third-order valence-corrected chi connectivity index (χ3v) is 5.36. The summed E-state index contributed by atoms with van der Waals surface area (Å²) in [6.45, 7) is 4.11. The van der Waals surface area contributed by atoms with E-state index in [4.69, 9.17) is 4.74 Å². The molecule has 0 bridgehead atoms. The van der Waals surface area contributed by atoms with Crippen molar-refractivity contribution in [2.24, 2.45) is 17.8 Å². The lowest BCUT2D eigenvalue weighted by Crippen LogP contribution is -2.44. The molecular formula is C18H19NO3. The highest BCUT2D eigenvalue weighted by Crippen LogP contribution is 2.65. The van der Waals surface area contributed by atoms with Crippen molar-refractivity contribution in [1.82, 2.24) is 5.32 Å². The van der Waals surface area contributed by atoms with Crippen molar-refractivity contribution >= 4 is 11.7 Å². The number of carbonyl (C=O) groups is 2. The maximum Gasteiger partial charge on any atom is 0.224 e. The summed E-state index contributed by atoms with van der Waals surface area (Å²) in [4.78, 5) is 24.7. The average molecular weight is 297 g/mol. The molecule has 2 saturated carbocycles. The molecule has 0 saturated heterocycles. The summed E-state index contributed by atoms with van der Waals surface area (Å²) < 4.78 is 6.27.